The molecule has 0 aliphatic carbocycles. The molecule has 0 amide bonds. The van der Waals surface area contributed by atoms with Crippen LogP contribution in [0.4, 0.5) is 0 Å². The Labute approximate surface area is 141 Å². The molecule has 0 radical (unpaired) electrons. The molecule has 1 aromatic carbocycles. The Kier molecular flexibility index (Phi) is 4.77. The smallest absolute Gasteiger partial charge is 0.304 e. The monoisotopic (exact) mass is 323 g/mol. The van der Waals surface area contributed by atoms with E-state index in [1.807, 2.05) is 24.3 Å². The quantitative estimate of drug-likeness (QED) is 0.936. The highest BCUT2D eigenvalue weighted by Gasteiger charge is 2.27. The van der Waals surface area contributed by atoms with Crippen LogP contribution in [0.1, 0.15) is 36.8 Å². The highest BCUT2D eigenvalue weighted by atomic mass is 16.4. The van der Waals surface area contributed by atoms with Crippen LogP contribution in [-0.2, 0) is 4.79 Å². The number of nitriles is 1. The molecule has 1 aliphatic heterocycles. The molecular weight excluding hydrogens is 302 g/mol. The third-order valence-corrected chi connectivity index (χ3v) is 4.74. The fraction of sp³-hybridized carbons (Fsp3) is 0.421. The van der Waals surface area contributed by atoms with E-state index < -0.39 is 5.97 Å². The number of carboxylic acid groups (broad SMARTS) is 1. The third-order valence-electron chi connectivity index (χ3n) is 4.74. The van der Waals surface area contributed by atoms with Gasteiger partial charge in [-0.2, -0.15) is 5.26 Å². The van der Waals surface area contributed by atoms with Crippen LogP contribution in [0.25, 0.3) is 10.9 Å². The second-order valence-corrected chi connectivity index (χ2v) is 6.65. The Morgan fingerprint density at radius 1 is 1.42 bits per heavy atom. The van der Waals surface area contributed by atoms with Gasteiger partial charge in [-0.25, -0.2) is 0 Å². The average molecular weight is 323 g/mol. The summed E-state index contributed by atoms with van der Waals surface area (Å²) in [6, 6.07) is 10.0. The van der Waals surface area contributed by atoms with Crippen molar-refractivity contribution in [1.82, 2.24) is 9.88 Å². The van der Waals surface area contributed by atoms with Gasteiger partial charge in [-0.1, -0.05) is 19.1 Å². The summed E-state index contributed by atoms with van der Waals surface area (Å²) in [6.07, 6.45) is 2.96. The standard InChI is InChI=1S/C19H21N3O2/c1-13-9-15(12-22(11-13)8-6-18(23)24)16-5-4-14(10-20)19-17(16)3-2-7-21-19/h2-5,7,13,15H,6,8-9,11-12H2,1H3,(H,23,24). The zero-order valence-corrected chi connectivity index (χ0v) is 13.8. The van der Waals surface area contributed by atoms with E-state index in [9.17, 15) is 10.1 Å². The molecule has 2 aromatic rings. The lowest BCUT2D eigenvalue weighted by Crippen LogP contribution is -2.39. The van der Waals surface area contributed by atoms with Gasteiger partial charge in [0, 0.05) is 31.2 Å². The summed E-state index contributed by atoms with van der Waals surface area (Å²) in [5, 5.41) is 19.3. The number of likely N-dealkylation sites (tertiary alicyclic amines) is 1. The topological polar surface area (TPSA) is 77.2 Å². The van der Waals surface area contributed by atoms with Gasteiger partial charge in [0.15, 0.2) is 0 Å². The SMILES string of the molecule is CC1CC(c2ccc(C#N)c3ncccc23)CN(CCC(=O)O)C1. The van der Waals surface area contributed by atoms with Crippen LogP contribution in [0.5, 0.6) is 0 Å². The summed E-state index contributed by atoms with van der Waals surface area (Å²) >= 11 is 0. The van der Waals surface area contributed by atoms with E-state index >= 15 is 0 Å². The Balaban J connectivity index is 1.92. The number of aromatic nitrogens is 1. The Hall–Kier alpha value is -2.45. The average Bonchev–Trinajstić information content (AvgIpc) is 2.58. The molecule has 1 aliphatic rings. The summed E-state index contributed by atoms with van der Waals surface area (Å²) in [6.45, 7) is 4.59. The van der Waals surface area contributed by atoms with Crippen molar-refractivity contribution in [2.75, 3.05) is 19.6 Å². The van der Waals surface area contributed by atoms with Crippen LogP contribution in [0, 0.1) is 17.2 Å². The number of hydrogen-bond donors (Lipinski definition) is 1. The first kappa shape index (κ1) is 16.4. The molecule has 5 nitrogen and oxygen atoms in total. The summed E-state index contributed by atoms with van der Waals surface area (Å²) in [5.41, 5.74) is 2.57. The Morgan fingerprint density at radius 3 is 3.00 bits per heavy atom. The van der Waals surface area contributed by atoms with Crippen LogP contribution in [0.15, 0.2) is 30.5 Å². The number of benzene rings is 1. The van der Waals surface area contributed by atoms with E-state index in [4.69, 9.17) is 5.11 Å². The number of nitrogens with zero attached hydrogens (tertiary/aromatic N) is 3. The van der Waals surface area contributed by atoms with Crippen LogP contribution in [-0.4, -0.2) is 40.6 Å². The van der Waals surface area contributed by atoms with Crippen molar-refractivity contribution in [3.05, 3.63) is 41.6 Å². The molecule has 2 atom stereocenters. The minimum Gasteiger partial charge on any atom is -0.481 e. The maximum absolute atomic E-state index is 10.9. The number of pyridine rings is 1. The van der Waals surface area contributed by atoms with Gasteiger partial charge in [0.05, 0.1) is 17.5 Å². The zero-order valence-electron chi connectivity index (χ0n) is 13.8. The molecule has 24 heavy (non-hydrogen) atoms. The molecule has 1 aromatic heterocycles. The normalized spacial score (nSPS) is 21.5. The van der Waals surface area contributed by atoms with Crippen molar-refractivity contribution in [3.8, 4) is 6.07 Å². The lowest BCUT2D eigenvalue weighted by Gasteiger charge is -2.37. The van der Waals surface area contributed by atoms with E-state index in [2.05, 4.69) is 22.9 Å². The van der Waals surface area contributed by atoms with Crippen LogP contribution >= 0.6 is 0 Å². The van der Waals surface area contributed by atoms with Crippen molar-refractivity contribution >= 4 is 16.9 Å². The first-order valence-electron chi connectivity index (χ1n) is 8.30. The number of carbonyl (C=O) groups is 1. The molecule has 0 spiro atoms. The number of fused-ring (bicyclic) bond motifs is 1. The molecule has 124 valence electrons. The highest BCUT2D eigenvalue weighted by Crippen LogP contribution is 2.34. The molecule has 1 saturated heterocycles. The molecule has 1 N–H and O–H groups in total. The number of aliphatic carboxylic acids is 1. The van der Waals surface area contributed by atoms with Gasteiger partial charge in [0.2, 0.25) is 0 Å². The maximum atomic E-state index is 10.9. The van der Waals surface area contributed by atoms with Gasteiger partial charge >= 0.3 is 5.97 Å². The third kappa shape index (κ3) is 3.39. The molecule has 3 rings (SSSR count). The number of rotatable bonds is 4. The van der Waals surface area contributed by atoms with Gasteiger partial charge in [-0.05, 0) is 36.0 Å². The minimum absolute atomic E-state index is 0.176. The fourth-order valence-corrected chi connectivity index (χ4v) is 3.76. The summed E-state index contributed by atoms with van der Waals surface area (Å²) in [4.78, 5) is 17.5. The molecule has 2 unspecified atom stereocenters. The molecule has 1 fully saturated rings. The van der Waals surface area contributed by atoms with E-state index in [0.29, 0.717) is 23.9 Å². The van der Waals surface area contributed by atoms with Crippen LogP contribution < -0.4 is 0 Å². The highest BCUT2D eigenvalue weighted by molar-refractivity contribution is 5.87. The largest absolute Gasteiger partial charge is 0.481 e. The Bertz CT molecular complexity index is 797. The second kappa shape index (κ2) is 6.98. The van der Waals surface area contributed by atoms with Crippen molar-refractivity contribution in [3.63, 3.8) is 0 Å². The second-order valence-electron chi connectivity index (χ2n) is 6.65. The van der Waals surface area contributed by atoms with E-state index in [0.717, 1.165) is 30.4 Å². The fourth-order valence-electron chi connectivity index (χ4n) is 3.76. The lowest BCUT2D eigenvalue weighted by atomic mass is 9.83. The zero-order chi connectivity index (χ0) is 17.1. The predicted octanol–water partition coefficient (Wildman–Crippen LogP) is 3.01. The van der Waals surface area contributed by atoms with Gasteiger partial charge in [0.25, 0.3) is 0 Å². The minimum atomic E-state index is -0.752. The Morgan fingerprint density at radius 2 is 2.25 bits per heavy atom. The van der Waals surface area contributed by atoms with Crippen molar-refractivity contribution in [2.45, 2.75) is 25.7 Å². The van der Waals surface area contributed by atoms with Crippen LogP contribution in [0.2, 0.25) is 0 Å². The van der Waals surface area contributed by atoms with Gasteiger partial charge < -0.3 is 10.0 Å². The molecule has 5 heteroatoms. The van der Waals surface area contributed by atoms with Crippen LogP contribution in [0.3, 0.4) is 0 Å². The number of piperidine rings is 1. The van der Waals surface area contributed by atoms with Gasteiger partial charge in [0.1, 0.15) is 6.07 Å². The first-order chi connectivity index (χ1) is 11.6. The summed E-state index contributed by atoms with van der Waals surface area (Å²) < 4.78 is 0. The van der Waals surface area contributed by atoms with Gasteiger partial charge in [-0.3, -0.25) is 9.78 Å². The molecule has 2 heterocycles. The summed E-state index contributed by atoms with van der Waals surface area (Å²) in [5.74, 6) is 0.0969. The van der Waals surface area contributed by atoms with E-state index in [1.165, 1.54) is 5.56 Å². The first-order valence-corrected chi connectivity index (χ1v) is 8.30. The van der Waals surface area contributed by atoms with E-state index in [1.54, 1.807) is 6.20 Å². The molecular formula is C19H21N3O2. The molecule has 0 saturated carbocycles. The summed E-state index contributed by atoms with van der Waals surface area (Å²) in [7, 11) is 0. The maximum Gasteiger partial charge on any atom is 0.304 e. The van der Waals surface area contributed by atoms with E-state index in [-0.39, 0.29) is 6.42 Å². The predicted molar refractivity (Wildman–Crippen MR) is 91.7 cm³/mol. The van der Waals surface area contributed by atoms with Crippen molar-refractivity contribution in [1.29, 1.82) is 5.26 Å². The lowest BCUT2D eigenvalue weighted by molar-refractivity contribution is -0.137. The number of carboxylic acids is 1. The molecule has 0 bridgehead atoms. The van der Waals surface area contributed by atoms with Crippen molar-refractivity contribution in [2.24, 2.45) is 5.92 Å². The number of hydrogen-bond acceptors (Lipinski definition) is 4. The van der Waals surface area contributed by atoms with Crippen molar-refractivity contribution < 1.29 is 9.90 Å². The van der Waals surface area contributed by atoms with Gasteiger partial charge in [-0.15, -0.1) is 0 Å².